The van der Waals surface area contributed by atoms with Crippen LogP contribution in [0.3, 0.4) is 0 Å². The predicted octanol–water partition coefficient (Wildman–Crippen LogP) is 4.24. The highest BCUT2D eigenvalue weighted by molar-refractivity contribution is 8.19. The number of likely N-dealkylation sites (tertiary alicyclic amines) is 1. The zero-order valence-electron chi connectivity index (χ0n) is 21.7. The van der Waals surface area contributed by atoms with Gasteiger partial charge in [0.25, 0.3) is 0 Å². The molecule has 4 aliphatic rings. The van der Waals surface area contributed by atoms with Crippen LogP contribution in [0.25, 0.3) is 0 Å². The fourth-order valence-corrected chi connectivity index (χ4v) is 11.0. The van der Waals surface area contributed by atoms with Crippen molar-refractivity contribution in [3.05, 3.63) is 0 Å². The van der Waals surface area contributed by atoms with Crippen LogP contribution in [0.2, 0.25) is 0 Å². The van der Waals surface area contributed by atoms with Crippen LogP contribution in [-0.2, 0) is 23.8 Å². The smallest absolute Gasteiger partial charge is 0.411 e. The molecule has 208 valence electrons. The van der Waals surface area contributed by atoms with E-state index >= 15 is 0 Å². The molecule has 2 spiro atoms. The number of nitrogens with one attached hydrogen (secondary N) is 1. The van der Waals surface area contributed by atoms with E-state index in [9.17, 15) is 14.4 Å². The summed E-state index contributed by atoms with van der Waals surface area (Å²) >= 11 is 7.69. The number of amides is 1. The lowest BCUT2D eigenvalue weighted by Crippen LogP contribution is -2.44. The van der Waals surface area contributed by atoms with Gasteiger partial charge in [-0.1, -0.05) is 0 Å². The minimum Gasteiger partial charge on any atom is -0.468 e. The molecule has 0 bridgehead atoms. The lowest BCUT2D eigenvalue weighted by molar-refractivity contribution is -0.145. The number of hydrogen-bond donors (Lipinski definition) is 1. The van der Waals surface area contributed by atoms with Crippen LogP contribution >= 0.6 is 59.5 Å². The number of carbonyl (C=O) groups excluding carboxylic acids is 3. The molecule has 4 aliphatic heterocycles. The second kappa shape index (κ2) is 13.8. The van der Waals surface area contributed by atoms with E-state index in [2.05, 4.69) is 5.32 Å². The van der Waals surface area contributed by atoms with Crippen LogP contribution in [0.15, 0.2) is 0 Å². The zero-order valence-corrected chi connectivity index (χ0v) is 25.7. The van der Waals surface area contributed by atoms with Gasteiger partial charge in [0.05, 0.1) is 22.4 Å². The first-order chi connectivity index (χ1) is 16.5. The summed E-state index contributed by atoms with van der Waals surface area (Å²) in [6, 6.07) is -0.624. The van der Waals surface area contributed by atoms with Gasteiger partial charge in [-0.15, -0.1) is 59.5 Å². The van der Waals surface area contributed by atoms with Gasteiger partial charge >= 0.3 is 18.0 Å². The van der Waals surface area contributed by atoms with E-state index in [1.807, 2.05) is 67.8 Å². The Labute approximate surface area is 238 Å². The molecule has 0 saturated carbocycles. The molecule has 13 heteroatoms. The van der Waals surface area contributed by atoms with E-state index in [4.69, 9.17) is 14.2 Å². The number of carbonyl (C=O) groups is 3. The number of halogens is 1. The van der Waals surface area contributed by atoms with Gasteiger partial charge in [-0.3, -0.25) is 9.69 Å². The van der Waals surface area contributed by atoms with Gasteiger partial charge in [0, 0.05) is 19.5 Å². The summed E-state index contributed by atoms with van der Waals surface area (Å²) in [5.74, 6) is 4.12. The molecule has 36 heavy (non-hydrogen) atoms. The summed E-state index contributed by atoms with van der Waals surface area (Å²) < 4.78 is 15.2. The Morgan fingerprint density at radius 1 is 0.861 bits per heavy atom. The number of ether oxygens (including phenoxy) is 3. The summed E-state index contributed by atoms with van der Waals surface area (Å²) in [7, 11) is 2.82. The fourth-order valence-electron chi connectivity index (χ4n) is 4.40. The normalized spacial score (nSPS) is 26.4. The molecule has 4 rings (SSSR count). The van der Waals surface area contributed by atoms with Gasteiger partial charge in [-0.05, 0) is 63.0 Å². The molecule has 2 atom stereocenters. The molecule has 0 unspecified atom stereocenters. The van der Waals surface area contributed by atoms with Gasteiger partial charge in [-0.2, -0.15) is 0 Å². The monoisotopic (exact) mass is 602 g/mol. The van der Waals surface area contributed by atoms with Crippen molar-refractivity contribution < 1.29 is 28.6 Å². The number of esters is 2. The average molecular weight is 603 g/mol. The van der Waals surface area contributed by atoms with Crippen molar-refractivity contribution >= 4 is 77.5 Å². The van der Waals surface area contributed by atoms with Crippen molar-refractivity contribution in [3.63, 3.8) is 0 Å². The van der Waals surface area contributed by atoms with Crippen molar-refractivity contribution in [2.75, 3.05) is 50.3 Å². The van der Waals surface area contributed by atoms with Crippen molar-refractivity contribution in [3.8, 4) is 0 Å². The minimum absolute atomic E-state index is 0. The van der Waals surface area contributed by atoms with Crippen molar-refractivity contribution in [1.29, 1.82) is 0 Å². The second-order valence-corrected chi connectivity index (χ2v) is 16.4. The van der Waals surface area contributed by atoms with Crippen molar-refractivity contribution in [1.82, 2.24) is 10.2 Å². The van der Waals surface area contributed by atoms with Crippen LogP contribution in [0.4, 0.5) is 4.79 Å². The van der Waals surface area contributed by atoms with Crippen LogP contribution < -0.4 is 5.32 Å². The average Bonchev–Trinajstić information content (AvgIpc) is 3.40. The predicted molar refractivity (Wildman–Crippen MR) is 154 cm³/mol. The summed E-state index contributed by atoms with van der Waals surface area (Å²) in [5, 5.41) is 3.25. The Bertz CT molecular complexity index is 772. The van der Waals surface area contributed by atoms with Crippen molar-refractivity contribution in [2.45, 2.75) is 72.3 Å². The van der Waals surface area contributed by atoms with E-state index in [1.165, 1.54) is 38.6 Å². The van der Waals surface area contributed by atoms with Gasteiger partial charge in [-0.25, -0.2) is 9.59 Å². The van der Waals surface area contributed by atoms with Gasteiger partial charge < -0.3 is 19.5 Å². The lowest BCUT2D eigenvalue weighted by Gasteiger charge is -2.32. The maximum Gasteiger partial charge on any atom is 0.411 e. The number of thioether (sulfide) groups is 4. The molecule has 4 fully saturated rings. The van der Waals surface area contributed by atoms with E-state index in [0.29, 0.717) is 13.0 Å². The van der Waals surface area contributed by atoms with Crippen LogP contribution in [0.5, 0.6) is 0 Å². The molecule has 0 aliphatic carbocycles. The molecular formula is C23H39ClN2O6S4. The summed E-state index contributed by atoms with van der Waals surface area (Å²) in [4.78, 5) is 37.3. The molecule has 4 saturated heterocycles. The maximum absolute atomic E-state index is 12.4. The molecule has 0 aromatic carbocycles. The first-order valence-electron chi connectivity index (χ1n) is 12.0. The van der Waals surface area contributed by atoms with Crippen molar-refractivity contribution in [2.24, 2.45) is 0 Å². The van der Waals surface area contributed by atoms with E-state index in [-0.39, 0.29) is 38.5 Å². The maximum atomic E-state index is 12.4. The summed E-state index contributed by atoms with van der Waals surface area (Å²) in [5.41, 5.74) is -0.569. The number of hydrogen-bond acceptors (Lipinski definition) is 11. The second-order valence-electron chi connectivity index (χ2n) is 9.93. The standard InChI is InChI=1S/C14H23NO4S2.C9H15NO2S2.ClH/c1-13(2,3)19-12(17)15-9-14(20-6-5-7-21-14)8-10(15)11(16)18-4;1-12-8(11)7-5-9(6-10-7)13-3-2-4-14-9;/h10H,5-9H2,1-4H3;7,10H,2-6H2,1H3;1H/t10-;7-;/m00./s1. The summed E-state index contributed by atoms with van der Waals surface area (Å²) in [6.07, 6.45) is 3.58. The van der Waals surface area contributed by atoms with E-state index < -0.39 is 17.7 Å². The van der Waals surface area contributed by atoms with E-state index in [0.717, 1.165) is 24.5 Å². The number of nitrogens with zero attached hydrogens (tertiary/aromatic N) is 1. The quantitative estimate of drug-likeness (QED) is 0.363. The SMILES string of the molecule is COC(=O)[C@@H]1CC2(CN1)SCCCS2.COC(=O)[C@@H]1CC2(CN1C(=O)OC(C)(C)C)SCCCS2.Cl. The van der Waals surface area contributed by atoms with Gasteiger partial charge in [0.2, 0.25) is 0 Å². The molecule has 0 radical (unpaired) electrons. The van der Waals surface area contributed by atoms with E-state index in [1.54, 1.807) is 4.90 Å². The Kier molecular flexibility index (Phi) is 12.3. The van der Waals surface area contributed by atoms with Crippen LogP contribution in [0, 0.1) is 0 Å². The third-order valence-corrected chi connectivity index (χ3v) is 12.8. The highest BCUT2D eigenvalue weighted by Gasteiger charge is 2.52. The Morgan fingerprint density at radius 3 is 1.89 bits per heavy atom. The third kappa shape index (κ3) is 8.43. The third-order valence-electron chi connectivity index (χ3n) is 6.05. The largest absolute Gasteiger partial charge is 0.468 e. The molecule has 1 amide bonds. The molecule has 8 nitrogen and oxygen atoms in total. The lowest BCUT2D eigenvalue weighted by atomic mass is 10.2. The number of rotatable bonds is 2. The van der Waals surface area contributed by atoms with Gasteiger partial charge in [0.15, 0.2) is 0 Å². The minimum atomic E-state index is -0.569. The highest BCUT2D eigenvalue weighted by atomic mass is 35.5. The fraction of sp³-hybridized carbons (Fsp3) is 0.870. The first kappa shape index (κ1) is 32.1. The Balaban J connectivity index is 0.000000265. The summed E-state index contributed by atoms with van der Waals surface area (Å²) in [6.45, 7) is 6.95. The Hall–Kier alpha value is -0.140. The highest BCUT2D eigenvalue weighted by Crippen LogP contribution is 2.51. The van der Waals surface area contributed by atoms with Crippen LogP contribution in [-0.4, -0.2) is 99.1 Å². The molecule has 1 N–H and O–H groups in total. The first-order valence-corrected chi connectivity index (χ1v) is 15.9. The molecule has 0 aromatic heterocycles. The topological polar surface area (TPSA) is 94.2 Å². The number of methoxy groups -OCH3 is 2. The molecule has 4 heterocycles. The molecule has 0 aromatic rings. The van der Waals surface area contributed by atoms with Gasteiger partial charge in [0.1, 0.15) is 17.7 Å². The zero-order chi connectivity index (χ0) is 25.7. The Morgan fingerprint density at radius 2 is 1.39 bits per heavy atom. The molecular weight excluding hydrogens is 564 g/mol. The van der Waals surface area contributed by atoms with Crippen LogP contribution in [0.1, 0.15) is 46.5 Å².